The van der Waals surface area contributed by atoms with Gasteiger partial charge in [0.2, 0.25) is 0 Å². The Hall–Kier alpha value is -3.98. The number of allylic oxidation sites excluding steroid dienone is 2. The molecular weight excluding hydrogens is 498 g/mol. The fourth-order valence-electron chi connectivity index (χ4n) is 5.38. The molecule has 2 aromatic carbocycles. The standard InChI is InChI=1S/C30H37N3O6/c1-18-7-9-23(10-8-18)33-13-11-32(12-14-33)17-22-15-21(16-24(37-4)28(22)34)27-25(29(35)38-5)19(2)31-20(3)26(27)30(36)39-6/h7-10,15-16,27,31,34H,11-14,17H2,1-6H3. The number of carbonyl (C=O) groups excluding carboxylic acids is 2. The summed E-state index contributed by atoms with van der Waals surface area (Å²) in [5.74, 6) is -1.57. The predicted molar refractivity (Wildman–Crippen MR) is 149 cm³/mol. The summed E-state index contributed by atoms with van der Waals surface area (Å²) in [4.78, 5) is 30.5. The van der Waals surface area contributed by atoms with E-state index in [2.05, 4.69) is 46.3 Å². The third-order valence-corrected chi connectivity index (χ3v) is 7.47. The van der Waals surface area contributed by atoms with Gasteiger partial charge in [-0.15, -0.1) is 0 Å². The molecule has 0 saturated carbocycles. The maximum atomic E-state index is 12.9. The minimum absolute atomic E-state index is 0.0387. The van der Waals surface area contributed by atoms with Crippen molar-refractivity contribution in [3.8, 4) is 11.5 Å². The summed E-state index contributed by atoms with van der Waals surface area (Å²) in [7, 11) is 4.10. The highest BCUT2D eigenvalue weighted by molar-refractivity contribution is 5.99. The molecule has 208 valence electrons. The van der Waals surface area contributed by atoms with Crippen molar-refractivity contribution in [1.82, 2.24) is 10.2 Å². The molecule has 2 N–H and O–H groups in total. The lowest BCUT2D eigenvalue weighted by molar-refractivity contribution is -0.137. The molecule has 1 saturated heterocycles. The molecule has 39 heavy (non-hydrogen) atoms. The third kappa shape index (κ3) is 5.73. The van der Waals surface area contributed by atoms with Crippen LogP contribution in [0.5, 0.6) is 11.5 Å². The number of carbonyl (C=O) groups is 2. The minimum atomic E-state index is -0.766. The molecule has 2 aliphatic heterocycles. The first kappa shape index (κ1) is 28.0. The molecule has 0 bridgehead atoms. The first-order valence-electron chi connectivity index (χ1n) is 13.0. The number of esters is 2. The number of phenols is 1. The average Bonchev–Trinajstić information content (AvgIpc) is 2.94. The van der Waals surface area contributed by atoms with E-state index in [1.54, 1.807) is 19.9 Å². The number of hydrogen-bond acceptors (Lipinski definition) is 9. The Kier molecular flexibility index (Phi) is 8.50. The van der Waals surface area contributed by atoms with E-state index in [9.17, 15) is 14.7 Å². The molecule has 0 unspecified atom stereocenters. The number of piperazine rings is 1. The Morgan fingerprint density at radius 2 is 1.46 bits per heavy atom. The highest BCUT2D eigenvalue weighted by atomic mass is 16.5. The van der Waals surface area contributed by atoms with E-state index in [0.29, 0.717) is 40.2 Å². The van der Waals surface area contributed by atoms with Gasteiger partial charge in [0, 0.05) is 55.4 Å². The molecule has 0 radical (unpaired) electrons. The van der Waals surface area contributed by atoms with Crippen LogP contribution in [-0.2, 0) is 25.6 Å². The molecule has 4 rings (SSSR count). The summed E-state index contributed by atoms with van der Waals surface area (Å²) >= 11 is 0. The van der Waals surface area contributed by atoms with Gasteiger partial charge in [0.25, 0.3) is 0 Å². The number of nitrogens with one attached hydrogen (secondary N) is 1. The smallest absolute Gasteiger partial charge is 0.336 e. The van der Waals surface area contributed by atoms with Crippen LogP contribution >= 0.6 is 0 Å². The molecule has 9 heteroatoms. The normalized spacial score (nSPS) is 16.7. The van der Waals surface area contributed by atoms with E-state index in [0.717, 1.165) is 26.2 Å². The zero-order valence-corrected chi connectivity index (χ0v) is 23.5. The molecule has 0 amide bonds. The number of nitrogens with zero attached hydrogens (tertiary/aromatic N) is 2. The lowest BCUT2D eigenvalue weighted by Gasteiger charge is -2.36. The van der Waals surface area contributed by atoms with E-state index in [4.69, 9.17) is 14.2 Å². The summed E-state index contributed by atoms with van der Waals surface area (Å²) < 4.78 is 15.7. The monoisotopic (exact) mass is 535 g/mol. The Labute approximate surface area is 229 Å². The van der Waals surface area contributed by atoms with E-state index >= 15 is 0 Å². The van der Waals surface area contributed by atoms with Crippen LogP contribution in [0.3, 0.4) is 0 Å². The molecule has 2 aromatic rings. The van der Waals surface area contributed by atoms with E-state index < -0.39 is 17.9 Å². The van der Waals surface area contributed by atoms with E-state index in [1.165, 1.54) is 32.6 Å². The minimum Gasteiger partial charge on any atom is -0.504 e. The summed E-state index contributed by atoms with van der Waals surface area (Å²) in [5, 5.41) is 14.2. The molecule has 0 aromatic heterocycles. The van der Waals surface area contributed by atoms with Gasteiger partial charge in [-0.2, -0.15) is 0 Å². The van der Waals surface area contributed by atoms with Gasteiger partial charge in [-0.3, -0.25) is 4.90 Å². The number of hydrogen-bond donors (Lipinski definition) is 2. The number of ether oxygens (including phenoxy) is 3. The quantitative estimate of drug-likeness (QED) is 0.515. The van der Waals surface area contributed by atoms with Crippen molar-refractivity contribution in [2.75, 3.05) is 52.4 Å². The van der Waals surface area contributed by atoms with E-state index in [-0.39, 0.29) is 11.5 Å². The topological polar surface area (TPSA) is 101 Å². The van der Waals surface area contributed by atoms with Crippen LogP contribution < -0.4 is 15.0 Å². The number of anilines is 1. The van der Waals surface area contributed by atoms with Crippen molar-refractivity contribution < 1.29 is 28.9 Å². The van der Waals surface area contributed by atoms with Gasteiger partial charge in [0.1, 0.15) is 0 Å². The first-order valence-corrected chi connectivity index (χ1v) is 13.0. The molecule has 0 atom stereocenters. The molecule has 9 nitrogen and oxygen atoms in total. The van der Waals surface area contributed by atoms with Crippen LogP contribution in [0, 0.1) is 6.92 Å². The lowest BCUT2D eigenvalue weighted by atomic mass is 9.79. The van der Waals surface area contributed by atoms with Crippen molar-refractivity contribution in [2.24, 2.45) is 0 Å². The van der Waals surface area contributed by atoms with Crippen LogP contribution in [0.4, 0.5) is 5.69 Å². The maximum absolute atomic E-state index is 12.9. The number of benzene rings is 2. The van der Waals surface area contributed by atoms with E-state index in [1.807, 2.05) is 6.07 Å². The molecule has 2 heterocycles. The van der Waals surface area contributed by atoms with Crippen LogP contribution in [0.15, 0.2) is 58.9 Å². The van der Waals surface area contributed by atoms with Crippen molar-refractivity contribution in [3.05, 3.63) is 75.6 Å². The number of methoxy groups -OCH3 is 3. The van der Waals surface area contributed by atoms with Gasteiger partial charge in [-0.25, -0.2) is 9.59 Å². The number of aryl methyl sites for hydroxylation is 1. The Morgan fingerprint density at radius 3 is 1.97 bits per heavy atom. The molecule has 1 fully saturated rings. The second kappa shape index (κ2) is 11.8. The zero-order valence-electron chi connectivity index (χ0n) is 23.5. The van der Waals surface area contributed by atoms with Crippen molar-refractivity contribution in [2.45, 2.75) is 33.2 Å². The van der Waals surface area contributed by atoms with Gasteiger partial charge in [0.05, 0.1) is 38.4 Å². The summed E-state index contributed by atoms with van der Waals surface area (Å²) in [5.41, 5.74) is 5.47. The second-order valence-electron chi connectivity index (χ2n) is 9.95. The lowest BCUT2D eigenvalue weighted by Crippen LogP contribution is -2.46. The van der Waals surface area contributed by atoms with Gasteiger partial charge < -0.3 is 29.5 Å². The van der Waals surface area contributed by atoms with Crippen molar-refractivity contribution >= 4 is 17.6 Å². The van der Waals surface area contributed by atoms with Crippen molar-refractivity contribution in [3.63, 3.8) is 0 Å². The van der Waals surface area contributed by atoms with Gasteiger partial charge >= 0.3 is 11.9 Å². The van der Waals surface area contributed by atoms with Crippen LogP contribution in [0.1, 0.15) is 36.5 Å². The molecular formula is C30H37N3O6. The SMILES string of the molecule is COC(=O)C1=C(C)NC(C)=C(C(=O)OC)C1c1cc(CN2CCN(c3ccc(C)cc3)CC2)c(O)c(OC)c1. The number of rotatable bonds is 7. The predicted octanol–water partition coefficient (Wildman–Crippen LogP) is 3.61. The summed E-state index contributed by atoms with van der Waals surface area (Å²) in [6.07, 6.45) is 0. The van der Waals surface area contributed by atoms with Crippen molar-refractivity contribution in [1.29, 1.82) is 0 Å². The second-order valence-corrected chi connectivity index (χ2v) is 9.95. The summed E-state index contributed by atoms with van der Waals surface area (Å²) in [6.45, 7) is 9.44. The first-order chi connectivity index (χ1) is 18.7. The Balaban J connectivity index is 1.67. The molecule has 2 aliphatic rings. The molecule has 0 aliphatic carbocycles. The number of aromatic hydroxyl groups is 1. The Morgan fingerprint density at radius 1 is 0.897 bits per heavy atom. The van der Waals surface area contributed by atoms with Crippen LogP contribution in [0.25, 0.3) is 0 Å². The maximum Gasteiger partial charge on any atom is 0.336 e. The molecule has 0 spiro atoms. The van der Waals surface area contributed by atoms with Gasteiger partial charge in [-0.05, 0) is 50.6 Å². The number of dihydropyridines is 1. The van der Waals surface area contributed by atoms with Gasteiger partial charge in [-0.1, -0.05) is 17.7 Å². The average molecular weight is 536 g/mol. The third-order valence-electron chi connectivity index (χ3n) is 7.47. The van der Waals surface area contributed by atoms with Crippen LogP contribution in [-0.4, -0.2) is 69.5 Å². The summed E-state index contributed by atoms with van der Waals surface area (Å²) in [6, 6.07) is 12.0. The fourth-order valence-corrected chi connectivity index (χ4v) is 5.38. The number of phenolic OH excluding ortho intramolecular Hbond substituents is 1. The van der Waals surface area contributed by atoms with Gasteiger partial charge in [0.15, 0.2) is 11.5 Å². The zero-order chi connectivity index (χ0) is 28.3. The highest BCUT2D eigenvalue weighted by Crippen LogP contribution is 2.43. The largest absolute Gasteiger partial charge is 0.504 e. The Bertz CT molecular complexity index is 1270. The van der Waals surface area contributed by atoms with Crippen LogP contribution in [0.2, 0.25) is 0 Å². The fraction of sp³-hybridized carbons (Fsp3) is 0.400. The highest BCUT2D eigenvalue weighted by Gasteiger charge is 2.38.